The molecule has 1 fully saturated rings. The third kappa shape index (κ3) is 5.49. The summed E-state index contributed by atoms with van der Waals surface area (Å²) >= 11 is 0. The summed E-state index contributed by atoms with van der Waals surface area (Å²) in [6.07, 6.45) is 2.14. The van der Waals surface area contributed by atoms with Crippen molar-refractivity contribution in [3.05, 3.63) is 150 Å². The monoisotopic (exact) mass is 533 g/mol. The number of hydrogen-bond acceptors (Lipinski definition) is 2. The van der Waals surface area contributed by atoms with Gasteiger partial charge in [0.15, 0.2) is 5.84 Å². The highest BCUT2D eigenvalue weighted by Crippen LogP contribution is 2.50. The van der Waals surface area contributed by atoms with E-state index in [2.05, 4.69) is 117 Å². The van der Waals surface area contributed by atoms with Crippen molar-refractivity contribution in [2.45, 2.75) is 32.2 Å². The third-order valence-corrected chi connectivity index (χ3v) is 8.42. The maximum absolute atomic E-state index is 6.05. The Morgan fingerprint density at radius 3 is 1.61 bits per heavy atom. The molecule has 0 radical (unpaired) electrons. The van der Waals surface area contributed by atoms with Gasteiger partial charge in [-0.1, -0.05) is 116 Å². The number of amidine groups is 1. The summed E-state index contributed by atoms with van der Waals surface area (Å²) in [6.45, 7) is 4.37. The minimum atomic E-state index is -0.313. The molecule has 41 heavy (non-hydrogen) atoms. The molecule has 0 amide bonds. The molecular formula is C38H35N3. The van der Waals surface area contributed by atoms with E-state index in [1.807, 2.05) is 30.3 Å². The van der Waals surface area contributed by atoms with Crippen LogP contribution in [-0.2, 0) is 5.54 Å². The molecule has 202 valence electrons. The summed E-state index contributed by atoms with van der Waals surface area (Å²) in [6, 6.07) is 46.4. The summed E-state index contributed by atoms with van der Waals surface area (Å²) in [7, 11) is 0. The molecule has 0 spiro atoms. The normalized spacial score (nSPS) is 19.0. The van der Waals surface area contributed by atoms with Crippen LogP contribution >= 0.6 is 0 Å². The molecule has 3 heteroatoms. The zero-order valence-corrected chi connectivity index (χ0v) is 23.7. The second-order valence-corrected chi connectivity index (χ2v) is 11.0. The molecule has 2 N–H and O–H groups in total. The zero-order chi connectivity index (χ0) is 28.2. The van der Waals surface area contributed by atoms with Crippen LogP contribution in [0.3, 0.4) is 0 Å². The second kappa shape index (κ2) is 11.4. The van der Waals surface area contributed by atoms with Crippen molar-refractivity contribution in [2.75, 3.05) is 5.73 Å². The van der Waals surface area contributed by atoms with Gasteiger partial charge < -0.3 is 5.73 Å². The lowest BCUT2D eigenvalue weighted by Crippen LogP contribution is -2.42. The van der Waals surface area contributed by atoms with Crippen molar-refractivity contribution in [1.29, 1.82) is 0 Å². The molecule has 2 atom stereocenters. The van der Waals surface area contributed by atoms with Gasteiger partial charge >= 0.3 is 0 Å². The van der Waals surface area contributed by atoms with E-state index in [1.54, 1.807) is 0 Å². The fourth-order valence-corrected chi connectivity index (χ4v) is 5.68. The first-order valence-corrected chi connectivity index (χ1v) is 14.3. The minimum absolute atomic E-state index is 0.313. The lowest BCUT2D eigenvalue weighted by Gasteiger charge is -2.45. The van der Waals surface area contributed by atoms with E-state index in [1.165, 1.54) is 27.8 Å². The Kier molecular flexibility index (Phi) is 7.35. The Bertz CT molecular complexity index is 1670. The Labute approximate surface area is 243 Å². The van der Waals surface area contributed by atoms with Crippen LogP contribution in [0.5, 0.6) is 0 Å². The van der Waals surface area contributed by atoms with Gasteiger partial charge in [-0.2, -0.15) is 0 Å². The number of anilines is 1. The van der Waals surface area contributed by atoms with Crippen molar-refractivity contribution < 1.29 is 0 Å². The fraction of sp³-hybridized carbons (Fsp3) is 0.158. The van der Waals surface area contributed by atoms with Crippen molar-refractivity contribution in [1.82, 2.24) is 0 Å². The Hall–Kier alpha value is -4.76. The van der Waals surface area contributed by atoms with Crippen molar-refractivity contribution in [2.24, 2.45) is 15.9 Å². The van der Waals surface area contributed by atoms with E-state index >= 15 is 0 Å². The molecular weight excluding hydrogens is 498 g/mol. The van der Waals surface area contributed by atoms with Gasteiger partial charge in [-0.05, 0) is 83.3 Å². The van der Waals surface area contributed by atoms with Gasteiger partial charge in [-0.3, -0.25) is 4.99 Å². The van der Waals surface area contributed by atoms with Crippen molar-refractivity contribution in [3.63, 3.8) is 0 Å². The Balaban J connectivity index is 1.38. The highest BCUT2D eigenvalue weighted by atomic mass is 15.0. The molecule has 0 unspecified atom stereocenters. The predicted molar refractivity (Wildman–Crippen MR) is 173 cm³/mol. The summed E-state index contributed by atoms with van der Waals surface area (Å²) < 4.78 is 0. The topological polar surface area (TPSA) is 50.7 Å². The maximum atomic E-state index is 6.05. The Morgan fingerprint density at radius 1 is 0.634 bits per heavy atom. The number of rotatable bonds is 6. The van der Waals surface area contributed by atoms with E-state index in [-0.39, 0.29) is 5.54 Å². The van der Waals surface area contributed by atoms with E-state index in [0.717, 1.165) is 41.2 Å². The molecule has 1 saturated carbocycles. The Morgan fingerprint density at radius 2 is 1.12 bits per heavy atom. The largest absolute Gasteiger partial charge is 0.399 e. The van der Waals surface area contributed by atoms with Crippen LogP contribution in [0.4, 0.5) is 5.69 Å². The average Bonchev–Trinajstić information content (AvgIpc) is 3.03. The van der Waals surface area contributed by atoms with Crippen LogP contribution in [0.15, 0.2) is 143 Å². The van der Waals surface area contributed by atoms with Crippen LogP contribution in [0.2, 0.25) is 0 Å². The number of nitrogens with two attached hydrogens (primary N) is 1. The van der Waals surface area contributed by atoms with Crippen LogP contribution in [0.25, 0.3) is 22.3 Å². The average molecular weight is 534 g/mol. The van der Waals surface area contributed by atoms with E-state index < -0.39 is 0 Å². The molecule has 0 bridgehead atoms. The number of aliphatic imine (C=N–C) groups is 2. The molecule has 1 aliphatic carbocycles. The number of nitrogen functional groups attached to an aromatic ring is 1. The first-order chi connectivity index (χ1) is 20.0. The summed E-state index contributed by atoms with van der Waals surface area (Å²) in [5, 5.41) is 0. The van der Waals surface area contributed by atoms with Gasteiger partial charge in [-0.15, -0.1) is 0 Å². The SMILES string of the molecule is C/C(=N\C(=N/[C@]1(c2ccc(-c3ccccc3)cc2)CC[C@H]1C)c1ccc(N)cc1)c1ccc(-c2ccccc2)cc1. The predicted octanol–water partition coefficient (Wildman–Crippen LogP) is 9.18. The van der Waals surface area contributed by atoms with Gasteiger partial charge in [0, 0.05) is 17.0 Å². The molecule has 0 saturated heterocycles. The standard InChI is InChI=1S/C38H35N3/c1-27-25-26-38(27,35-21-17-33(18-22-35)31-11-7-4-8-12-31)41-37(34-19-23-36(39)24-20-34)40-28(2)29-13-15-32(16-14-29)30-9-5-3-6-10-30/h3-24,27H,25-26,39H2,1-2H3/b40-28+,41-37-/t27-,38-/m1/s1. The van der Waals surface area contributed by atoms with Gasteiger partial charge in [0.1, 0.15) is 0 Å². The van der Waals surface area contributed by atoms with Crippen molar-refractivity contribution >= 4 is 17.2 Å². The number of benzene rings is 5. The van der Waals surface area contributed by atoms with E-state index in [9.17, 15) is 0 Å². The summed E-state index contributed by atoms with van der Waals surface area (Å²) in [5.41, 5.74) is 15.5. The lowest BCUT2D eigenvalue weighted by molar-refractivity contribution is 0.148. The number of hydrogen-bond donors (Lipinski definition) is 1. The summed E-state index contributed by atoms with van der Waals surface area (Å²) in [5.74, 6) is 1.16. The van der Waals surface area contributed by atoms with Crippen LogP contribution in [0.1, 0.15) is 43.4 Å². The molecule has 3 nitrogen and oxygen atoms in total. The van der Waals surface area contributed by atoms with Gasteiger partial charge in [0.25, 0.3) is 0 Å². The van der Waals surface area contributed by atoms with Gasteiger partial charge in [0.05, 0.1) is 5.54 Å². The van der Waals surface area contributed by atoms with Crippen LogP contribution in [-0.4, -0.2) is 11.5 Å². The highest BCUT2D eigenvalue weighted by Gasteiger charge is 2.46. The molecule has 0 aromatic heterocycles. The zero-order valence-electron chi connectivity index (χ0n) is 23.7. The van der Waals surface area contributed by atoms with Crippen molar-refractivity contribution in [3.8, 4) is 22.3 Å². The molecule has 1 aliphatic rings. The smallest absolute Gasteiger partial charge is 0.155 e. The van der Waals surface area contributed by atoms with Gasteiger partial charge in [-0.25, -0.2) is 4.99 Å². The third-order valence-electron chi connectivity index (χ3n) is 8.42. The first kappa shape index (κ1) is 26.5. The van der Waals surface area contributed by atoms with E-state index in [0.29, 0.717) is 5.92 Å². The number of nitrogens with zero attached hydrogens (tertiary/aromatic N) is 2. The fourth-order valence-electron chi connectivity index (χ4n) is 5.68. The lowest BCUT2D eigenvalue weighted by atomic mass is 9.64. The maximum Gasteiger partial charge on any atom is 0.155 e. The molecule has 0 heterocycles. The van der Waals surface area contributed by atoms with E-state index in [4.69, 9.17) is 15.7 Å². The first-order valence-electron chi connectivity index (χ1n) is 14.3. The van der Waals surface area contributed by atoms with Crippen LogP contribution < -0.4 is 5.73 Å². The van der Waals surface area contributed by atoms with Gasteiger partial charge in [0.2, 0.25) is 0 Å². The molecule has 5 aromatic carbocycles. The quantitative estimate of drug-likeness (QED) is 0.132. The summed E-state index contributed by atoms with van der Waals surface area (Å²) in [4.78, 5) is 10.7. The molecule has 5 aromatic rings. The molecule has 0 aliphatic heterocycles. The van der Waals surface area contributed by atoms with Crippen LogP contribution in [0, 0.1) is 5.92 Å². The molecule has 6 rings (SSSR count). The minimum Gasteiger partial charge on any atom is -0.399 e. The second-order valence-electron chi connectivity index (χ2n) is 11.0. The highest BCUT2D eigenvalue weighted by molar-refractivity contribution is 6.11.